The second-order valence-corrected chi connectivity index (χ2v) is 9.17. The molecule has 1 heterocycles. The molecule has 124 valence electrons. The number of hydrogen-bond donors (Lipinski definition) is 0. The number of amides is 1. The van der Waals surface area contributed by atoms with Crippen LogP contribution in [0.25, 0.3) is 0 Å². The van der Waals surface area contributed by atoms with Crippen molar-refractivity contribution in [2.75, 3.05) is 13.3 Å². The van der Waals surface area contributed by atoms with E-state index in [2.05, 4.69) is 0 Å². The highest BCUT2D eigenvalue weighted by Crippen LogP contribution is 2.28. The van der Waals surface area contributed by atoms with Gasteiger partial charge >= 0.3 is 0 Å². The predicted molar refractivity (Wildman–Crippen MR) is 94.1 cm³/mol. The largest absolute Gasteiger partial charge is 0.334 e. The summed E-state index contributed by atoms with van der Waals surface area (Å²) in [6.45, 7) is 3.96. The molecule has 4 nitrogen and oxygen atoms in total. The molecule has 0 aliphatic heterocycles. The standard InChI is InChI=1S/C16H18ClNO3S2/c1-10-5-8-14(22-10)11(2)18(3)16(19)12-6-7-13(17)15(9-12)23(4,20)21/h5-9,11H,1-4H3/t11-/m1/s1. The minimum Gasteiger partial charge on any atom is -0.334 e. The third kappa shape index (κ3) is 3.94. The van der Waals surface area contributed by atoms with Crippen LogP contribution >= 0.6 is 22.9 Å². The summed E-state index contributed by atoms with van der Waals surface area (Å²) in [5, 5.41) is 0.119. The first-order chi connectivity index (χ1) is 10.6. The number of sulfone groups is 1. The Hall–Kier alpha value is -1.37. The number of aryl methyl sites for hydroxylation is 1. The van der Waals surface area contributed by atoms with Gasteiger partial charge in [-0.05, 0) is 44.2 Å². The molecule has 23 heavy (non-hydrogen) atoms. The molecule has 2 aromatic rings. The number of halogens is 1. The van der Waals surface area contributed by atoms with Gasteiger partial charge in [0.2, 0.25) is 0 Å². The minimum atomic E-state index is -3.48. The van der Waals surface area contributed by atoms with Crippen molar-refractivity contribution in [2.24, 2.45) is 0 Å². The zero-order valence-electron chi connectivity index (χ0n) is 13.3. The number of carbonyl (C=O) groups is 1. The predicted octanol–water partition coefficient (Wildman–Crippen LogP) is 3.95. The van der Waals surface area contributed by atoms with Gasteiger partial charge in [0, 0.05) is 28.6 Å². The molecule has 0 aliphatic rings. The van der Waals surface area contributed by atoms with E-state index in [0.717, 1.165) is 11.1 Å². The van der Waals surface area contributed by atoms with E-state index in [1.807, 2.05) is 26.0 Å². The van der Waals surface area contributed by atoms with Crippen LogP contribution in [-0.2, 0) is 9.84 Å². The third-order valence-electron chi connectivity index (χ3n) is 3.65. The van der Waals surface area contributed by atoms with Crippen LogP contribution in [-0.4, -0.2) is 32.5 Å². The molecular formula is C16H18ClNO3S2. The molecule has 1 aromatic heterocycles. The molecule has 1 amide bonds. The average molecular weight is 372 g/mol. The normalized spacial score (nSPS) is 12.9. The SMILES string of the molecule is Cc1ccc([C@@H](C)N(C)C(=O)c2ccc(Cl)c(S(C)(=O)=O)c2)s1. The Labute approximate surface area is 145 Å². The van der Waals surface area contributed by atoms with Gasteiger partial charge in [-0.25, -0.2) is 8.42 Å². The lowest BCUT2D eigenvalue weighted by molar-refractivity contribution is 0.0744. The van der Waals surface area contributed by atoms with Gasteiger partial charge in [-0.3, -0.25) is 4.79 Å². The van der Waals surface area contributed by atoms with E-state index in [1.54, 1.807) is 29.4 Å². The second-order valence-electron chi connectivity index (χ2n) is 5.46. The van der Waals surface area contributed by atoms with Crippen LogP contribution in [0.1, 0.15) is 33.1 Å². The molecular weight excluding hydrogens is 354 g/mol. The molecule has 0 radical (unpaired) electrons. The smallest absolute Gasteiger partial charge is 0.254 e. The van der Waals surface area contributed by atoms with Crippen LogP contribution in [0, 0.1) is 6.92 Å². The molecule has 2 rings (SSSR count). The Morgan fingerprint density at radius 3 is 2.43 bits per heavy atom. The Bertz CT molecular complexity index is 843. The first-order valence-corrected chi connectivity index (χ1v) is 10.0. The van der Waals surface area contributed by atoms with Gasteiger partial charge < -0.3 is 4.90 Å². The monoisotopic (exact) mass is 371 g/mol. The van der Waals surface area contributed by atoms with Crippen molar-refractivity contribution in [2.45, 2.75) is 24.8 Å². The molecule has 0 unspecified atom stereocenters. The Morgan fingerprint density at radius 2 is 1.91 bits per heavy atom. The molecule has 0 saturated heterocycles. The first kappa shape index (κ1) is 18.0. The first-order valence-electron chi connectivity index (χ1n) is 6.94. The number of carbonyl (C=O) groups excluding carboxylic acids is 1. The molecule has 0 saturated carbocycles. The van der Waals surface area contributed by atoms with E-state index in [0.29, 0.717) is 5.56 Å². The average Bonchev–Trinajstić information content (AvgIpc) is 2.90. The highest BCUT2D eigenvalue weighted by molar-refractivity contribution is 7.90. The van der Waals surface area contributed by atoms with Crippen molar-refractivity contribution in [3.8, 4) is 0 Å². The lowest BCUT2D eigenvalue weighted by Crippen LogP contribution is -2.29. The molecule has 0 bridgehead atoms. The van der Waals surface area contributed by atoms with Crippen molar-refractivity contribution in [3.63, 3.8) is 0 Å². The summed E-state index contributed by atoms with van der Waals surface area (Å²) in [7, 11) is -1.78. The summed E-state index contributed by atoms with van der Waals surface area (Å²) in [5.74, 6) is -0.245. The number of benzene rings is 1. The number of rotatable bonds is 4. The van der Waals surface area contributed by atoms with Crippen LogP contribution in [0.3, 0.4) is 0 Å². The Morgan fingerprint density at radius 1 is 1.26 bits per heavy atom. The summed E-state index contributed by atoms with van der Waals surface area (Å²) >= 11 is 7.56. The highest BCUT2D eigenvalue weighted by Gasteiger charge is 2.22. The number of nitrogens with zero attached hydrogens (tertiary/aromatic N) is 1. The van der Waals surface area contributed by atoms with E-state index in [-0.39, 0.29) is 21.9 Å². The number of hydrogen-bond acceptors (Lipinski definition) is 4. The van der Waals surface area contributed by atoms with Gasteiger partial charge in [-0.15, -0.1) is 11.3 Å². The lowest BCUT2D eigenvalue weighted by atomic mass is 10.1. The van der Waals surface area contributed by atoms with E-state index < -0.39 is 9.84 Å². The maximum absolute atomic E-state index is 12.6. The molecule has 0 spiro atoms. The fourth-order valence-corrected chi connectivity index (χ4v) is 4.44. The van der Waals surface area contributed by atoms with E-state index >= 15 is 0 Å². The zero-order chi connectivity index (χ0) is 17.4. The third-order valence-corrected chi connectivity index (χ3v) is 6.40. The number of thiophene rings is 1. The summed E-state index contributed by atoms with van der Waals surface area (Å²) < 4.78 is 23.5. The van der Waals surface area contributed by atoms with Crippen LogP contribution < -0.4 is 0 Å². The molecule has 0 aliphatic carbocycles. The van der Waals surface area contributed by atoms with Gasteiger partial charge in [0.05, 0.1) is 16.0 Å². The van der Waals surface area contributed by atoms with Crippen LogP contribution in [0.15, 0.2) is 35.2 Å². The maximum atomic E-state index is 12.6. The highest BCUT2D eigenvalue weighted by atomic mass is 35.5. The van der Waals surface area contributed by atoms with Gasteiger partial charge in [0.1, 0.15) is 0 Å². The molecule has 0 N–H and O–H groups in total. The summed E-state index contributed by atoms with van der Waals surface area (Å²) in [5.41, 5.74) is 0.303. The molecule has 7 heteroatoms. The zero-order valence-corrected chi connectivity index (χ0v) is 15.7. The van der Waals surface area contributed by atoms with Crippen LogP contribution in [0.2, 0.25) is 5.02 Å². The van der Waals surface area contributed by atoms with Crippen molar-refractivity contribution in [1.29, 1.82) is 0 Å². The molecule has 1 aromatic carbocycles. The van der Waals surface area contributed by atoms with E-state index in [1.165, 1.54) is 17.0 Å². The topological polar surface area (TPSA) is 54.5 Å². The van der Waals surface area contributed by atoms with Gasteiger partial charge in [-0.2, -0.15) is 0 Å². The Kier molecular flexibility index (Phi) is 5.18. The Balaban J connectivity index is 2.33. The quantitative estimate of drug-likeness (QED) is 0.817. The lowest BCUT2D eigenvalue weighted by Gasteiger charge is -2.24. The van der Waals surface area contributed by atoms with Crippen molar-refractivity contribution >= 4 is 38.7 Å². The van der Waals surface area contributed by atoms with E-state index in [4.69, 9.17) is 11.6 Å². The summed E-state index contributed by atoms with van der Waals surface area (Å²) in [6.07, 6.45) is 1.07. The second kappa shape index (κ2) is 6.63. The van der Waals surface area contributed by atoms with Crippen molar-refractivity contribution < 1.29 is 13.2 Å². The summed E-state index contributed by atoms with van der Waals surface area (Å²) in [4.78, 5) is 16.5. The fourth-order valence-electron chi connectivity index (χ4n) is 2.17. The van der Waals surface area contributed by atoms with Gasteiger partial charge in [0.15, 0.2) is 9.84 Å². The van der Waals surface area contributed by atoms with Crippen molar-refractivity contribution in [1.82, 2.24) is 4.90 Å². The molecule has 0 fully saturated rings. The van der Waals surface area contributed by atoms with Gasteiger partial charge in [-0.1, -0.05) is 11.6 Å². The maximum Gasteiger partial charge on any atom is 0.254 e. The van der Waals surface area contributed by atoms with Crippen molar-refractivity contribution in [3.05, 3.63) is 50.7 Å². The molecule has 1 atom stereocenters. The van der Waals surface area contributed by atoms with Crippen LogP contribution in [0.5, 0.6) is 0 Å². The van der Waals surface area contributed by atoms with Gasteiger partial charge in [0.25, 0.3) is 5.91 Å². The minimum absolute atomic E-state index is 0.0296. The van der Waals surface area contributed by atoms with E-state index in [9.17, 15) is 13.2 Å². The van der Waals surface area contributed by atoms with Crippen LogP contribution in [0.4, 0.5) is 0 Å². The summed E-state index contributed by atoms with van der Waals surface area (Å²) in [6, 6.07) is 8.24. The fraction of sp³-hybridized carbons (Fsp3) is 0.312.